The van der Waals surface area contributed by atoms with Gasteiger partial charge in [-0.15, -0.1) is 0 Å². The maximum atomic E-state index is 12.5. The van der Waals surface area contributed by atoms with Gasteiger partial charge < -0.3 is 15.2 Å². The summed E-state index contributed by atoms with van der Waals surface area (Å²) in [5.74, 6) is -1.85. The van der Waals surface area contributed by atoms with Crippen LogP contribution in [0.2, 0.25) is 0 Å². The van der Waals surface area contributed by atoms with Gasteiger partial charge in [-0.3, -0.25) is 4.79 Å². The number of ether oxygens (including phenoxy) is 1. The number of alkyl halides is 3. The van der Waals surface area contributed by atoms with E-state index in [2.05, 4.69) is 10.1 Å². The molecule has 0 saturated heterocycles. The lowest BCUT2D eigenvalue weighted by Crippen LogP contribution is -2.46. The molecule has 0 aliphatic heterocycles. The van der Waals surface area contributed by atoms with E-state index in [0.717, 1.165) is 31.4 Å². The summed E-state index contributed by atoms with van der Waals surface area (Å²) in [6.07, 6.45) is -6.19. The van der Waals surface area contributed by atoms with Crippen LogP contribution in [0.1, 0.15) is 31.1 Å². The van der Waals surface area contributed by atoms with Crippen LogP contribution in [0.25, 0.3) is 0 Å². The molecule has 0 fully saturated rings. The third kappa shape index (κ3) is 4.95. The number of carbonyl (C=O) groups is 2. The molecule has 0 heterocycles. The van der Waals surface area contributed by atoms with Gasteiger partial charge in [-0.25, -0.2) is 4.79 Å². The predicted octanol–water partition coefficient (Wildman–Crippen LogP) is 2.05. The smallest absolute Gasteiger partial charge is 0.416 e. The molecule has 5 nitrogen and oxygen atoms in total. The van der Waals surface area contributed by atoms with Gasteiger partial charge in [0.2, 0.25) is 0 Å². The number of methoxy groups -OCH3 is 1. The number of aliphatic hydroxyl groups excluding tert-OH is 1. The summed E-state index contributed by atoms with van der Waals surface area (Å²) in [7, 11) is 1.16. The molecular weight excluding hydrogens is 315 g/mol. The average Bonchev–Trinajstić information content (AvgIpc) is 2.49. The lowest BCUT2D eigenvalue weighted by molar-refractivity contribution is -0.147. The molecule has 1 aromatic carbocycles. The van der Waals surface area contributed by atoms with E-state index < -0.39 is 35.8 Å². The van der Waals surface area contributed by atoms with Gasteiger partial charge in [0.25, 0.3) is 5.91 Å². The highest BCUT2D eigenvalue weighted by atomic mass is 19.4. The number of hydrogen-bond acceptors (Lipinski definition) is 4. The molecule has 128 valence electrons. The van der Waals surface area contributed by atoms with Crippen molar-refractivity contribution in [1.82, 2.24) is 5.32 Å². The number of nitrogens with one attached hydrogen (secondary N) is 1. The summed E-state index contributed by atoms with van der Waals surface area (Å²) in [6, 6.07) is 2.60. The minimum atomic E-state index is -4.50. The number of hydrogen-bond donors (Lipinski definition) is 2. The fourth-order valence-corrected chi connectivity index (χ4v) is 1.86. The second-order valence-electron chi connectivity index (χ2n) is 5.28. The van der Waals surface area contributed by atoms with Crippen LogP contribution in [0.5, 0.6) is 0 Å². The summed E-state index contributed by atoms with van der Waals surface area (Å²) in [6.45, 7) is 3.35. The predicted molar refractivity (Wildman–Crippen MR) is 75.2 cm³/mol. The minimum absolute atomic E-state index is 0.0112. The summed E-state index contributed by atoms with van der Waals surface area (Å²) in [5.41, 5.74) is -0.897. The number of carbonyl (C=O) groups excluding carboxylic acids is 2. The zero-order valence-corrected chi connectivity index (χ0v) is 12.8. The lowest BCUT2D eigenvalue weighted by Gasteiger charge is -2.21. The van der Waals surface area contributed by atoms with E-state index >= 15 is 0 Å². The minimum Gasteiger partial charge on any atom is -0.467 e. The molecule has 23 heavy (non-hydrogen) atoms. The zero-order valence-electron chi connectivity index (χ0n) is 12.8. The van der Waals surface area contributed by atoms with Crippen molar-refractivity contribution in [2.75, 3.05) is 7.11 Å². The van der Waals surface area contributed by atoms with Crippen molar-refractivity contribution in [3.8, 4) is 0 Å². The van der Waals surface area contributed by atoms with E-state index in [1.165, 1.54) is 0 Å². The highest BCUT2D eigenvalue weighted by Gasteiger charge is 2.31. The van der Waals surface area contributed by atoms with Crippen LogP contribution in [0, 0.1) is 5.92 Å². The van der Waals surface area contributed by atoms with E-state index in [1.54, 1.807) is 13.8 Å². The topological polar surface area (TPSA) is 75.6 Å². The summed E-state index contributed by atoms with van der Waals surface area (Å²) in [4.78, 5) is 23.5. The normalized spacial score (nSPS) is 14.3. The van der Waals surface area contributed by atoms with Crippen molar-refractivity contribution in [3.63, 3.8) is 0 Å². The molecule has 0 spiro atoms. The number of rotatable bonds is 5. The maximum absolute atomic E-state index is 12.5. The molecule has 1 rings (SSSR count). The number of esters is 1. The largest absolute Gasteiger partial charge is 0.467 e. The van der Waals surface area contributed by atoms with Gasteiger partial charge in [0, 0.05) is 0 Å². The van der Waals surface area contributed by atoms with Crippen LogP contribution in [-0.2, 0) is 20.5 Å². The molecule has 1 amide bonds. The molecule has 0 aliphatic carbocycles. The van der Waals surface area contributed by atoms with Gasteiger partial charge in [-0.2, -0.15) is 13.2 Å². The highest BCUT2D eigenvalue weighted by Crippen LogP contribution is 2.30. The van der Waals surface area contributed by atoms with Crippen LogP contribution in [0.15, 0.2) is 24.3 Å². The summed E-state index contributed by atoms with van der Waals surface area (Å²) >= 11 is 0. The van der Waals surface area contributed by atoms with Crippen molar-refractivity contribution in [2.45, 2.75) is 32.2 Å². The molecule has 2 atom stereocenters. The van der Waals surface area contributed by atoms with Gasteiger partial charge in [-0.1, -0.05) is 26.0 Å². The van der Waals surface area contributed by atoms with Crippen LogP contribution in [0.4, 0.5) is 13.2 Å². The highest BCUT2D eigenvalue weighted by molar-refractivity contribution is 5.87. The molecule has 0 bridgehead atoms. The van der Waals surface area contributed by atoms with E-state index in [4.69, 9.17) is 0 Å². The van der Waals surface area contributed by atoms with E-state index in [1.807, 2.05) is 0 Å². The van der Waals surface area contributed by atoms with Gasteiger partial charge in [-0.05, 0) is 23.6 Å². The van der Waals surface area contributed by atoms with Crippen molar-refractivity contribution in [1.29, 1.82) is 0 Å². The Kier molecular flexibility index (Phi) is 6.14. The van der Waals surface area contributed by atoms with E-state index in [-0.39, 0.29) is 11.5 Å². The Bertz CT molecular complexity index is 555. The first kappa shape index (κ1) is 19.0. The molecule has 1 aromatic rings. The standard InChI is InChI=1S/C15H18F3NO4/c1-8(2)11(14(22)23-3)19-13(21)12(20)9-4-6-10(7-5-9)15(16,17)18/h4-8,11-12,20H,1-3H3,(H,19,21)/t11-,12+/m1/s1. The Hall–Kier alpha value is -2.09. The summed E-state index contributed by atoms with van der Waals surface area (Å²) in [5, 5.41) is 12.2. The number of amides is 1. The van der Waals surface area contributed by atoms with Gasteiger partial charge in [0.15, 0.2) is 6.10 Å². The second-order valence-corrected chi connectivity index (χ2v) is 5.28. The maximum Gasteiger partial charge on any atom is 0.416 e. The van der Waals surface area contributed by atoms with Crippen molar-refractivity contribution in [2.24, 2.45) is 5.92 Å². The third-order valence-corrected chi connectivity index (χ3v) is 3.22. The fraction of sp³-hybridized carbons (Fsp3) is 0.467. The lowest BCUT2D eigenvalue weighted by atomic mass is 10.0. The zero-order chi connectivity index (χ0) is 17.8. The Morgan fingerprint density at radius 2 is 1.70 bits per heavy atom. The molecule has 0 aliphatic rings. The van der Waals surface area contributed by atoms with E-state index in [0.29, 0.717) is 0 Å². The van der Waals surface area contributed by atoms with Crippen LogP contribution >= 0.6 is 0 Å². The number of aliphatic hydroxyl groups is 1. The molecule has 0 saturated carbocycles. The quantitative estimate of drug-likeness (QED) is 0.809. The first-order valence-corrected chi connectivity index (χ1v) is 6.81. The van der Waals surface area contributed by atoms with Crippen molar-refractivity contribution < 1.29 is 32.6 Å². The van der Waals surface area contributed by atoms with E-state index in [9.17, 15) is 27.9 Å². The molecule has 8 heteroatoms. The first-order chi connectivity index (χ1) is 10.6. The molecule has 0 aromatic heterocycles. The Balaban J connectivity index is 2.85. The van der Waals surface area contributed by atoms with Crippen molar-refractivity contribution >= 4 is 11.9 Å². The van der Waals surface area contributed by atoms with Crippen LogP contribution in [-0.4, -0.2) is 30.1 Å². The monoisotopic (exact) mass is 333 g/mol. The fourth-order valence-electron chi connectivity index (χ4n) is 1.86. The molecule has 0 unspecified atom stereocenters. The van der Waals surface area contributed by atoms with Crippen LogP contribution in [0.3, 0.4) is 0 Å². The Morgan fingerprint density at radius 3 is 2.09 bits per heavy atom. The Labute approximate surface area is 131 Å². The molecule has 2 N–H and O–H groups in total. The Morgan fingerprint density at radius 1 is 1.17 bits per heavy atom. The SMILES string of the molecule is COC(=O)[C@H](NC(=O)[C@@H](O)c1ccc(C(F)(F)F)cc1)C(C)C. The molecular formula is C15H18F3NO4. The van der Waals surface area contributed by atoms with Gasteiger partial charge in [0.05, 0.1) is 12.7 Å². The third-order valence-electron chi connectivity index (χ3n) is 3.22. The van der Waals surface area contributed by atoms with Gasteiger partial charge in [0.1, 0.15) is 6.04 Å². The average molecular weight is 333 g/mol. The second kappa shape index (κ2) is 7.45. The van der Waals surface area contributed by atoms with Gasteiger partial charge >= 0.3 is 12.1 Å². The first-order valence-electron chi connectivity index (χ1n) is 6.81. The number of halogens is 3. The summed E-state index contributed by atoms with van der Waals surface area (Å²) < 4.78 is 42.0. The molecule has 0 radical (unpaired) electrons. The number of benzene rings is 1. The van der Waals surface area contributed by atoms with Crippen LogP contribution < -0.4 is 5.32 Å². The van der Waals surface area contributed by atoms with Crippen molar-refractivity contribution in [3.05, 3.63) is 35.4 Å².